The van der Waals surface area contributed by atoms with E-state index in [4.69, 9.17) is 12.2 Å². The summed E-state index contributed by atoms with van der Waals surface area (Å²) in [7, 11) is 3.54. The van der Waals surface area contributed by atoms with Crippen molar-refractivity contribution in [2.75, 3.05) is 6.26 Å². The molecule has 0 aromatic carbocycles. The predicted molar refractivity (Wildman–Crippen MR) is 63.5 cm³/mol. The average Bonchev–Trinajstić information content (AvgIpc) is 2.29. The fraction of sp³-hybridized carbons (Fsp3) is 0.625. The summed E-state index contributed by atoms with van der Waals surface area (Å²) in [5.74, 6) is 0. The predicted octanol–water partition coefficient (Wildman–Crippen LogP) is 4.56. The van der Waals surface area contributed by atoms with Gasteiger partial charge in [-0.05, 0) is 11.7 Å². The van der Waals surface area contributed by atoms with Gasteiger partial charge >= 0.3 is 0 Å². The van der Waals surface area contributed by atoms with E-state index in [1.807, 2.05) is 10.3 Å². The number of rotatable bonds is 1. The van der Waals surface area contributed by atoms with Gasteiger partial charge in [-0.2, -0.15) is 0 Å². The fourth-order valence-corrected chi connectivity index (χ4v) is 5.89. The van der Waals surface area contributed by atoms with Crippen LogP contribution in [0.2, 0.25) is 0 Å². The lowest BCUT2D eigenvalue weighted by molar-refractivity contribution is 0.593. The molecular weight excluding hydrogens is 224 g/mol. The Morgan fingerprint density at radius 2 is 1.83 bits per heavy atom. The first-order valence-electron chi connectivity index (χ1n) is 3.64. The SMILES string of the molecule is CSc1c(C(C)(C)C)ssc1=S. The molecule has 0 fully saturated rings. The highest BCUT2D eigenvalue weighted by Crippen LogP contribution is 2.39. The molecule has 1 aromatic rings. The van der Waals surface area contributed by atoms with Gasteiger partial charge in [-0.3, -0.25) is 0 Å². The van der Waals surface area contributed by atoms with Gasteiger partial charge in [0.15, 0.2) is 0 Å². The second-order valence-corrected chi connectivity index (χ2v) is 7.20. The van der Waals surface area contributed by atoms with Crippen molar-refractivity contribution in [1.82, 2.24) is 0 Å². The summed E-state index contributed by atoms with van der Waals surface area (Å²) < 4.78 is 1.05. The van der Waals surface area contributed by atoms with Gasteiger partial charge in [0.2, 0.25) is 0 Å². The lowest BCUT2D eigenvalue weighted by Gasteiger charge is -2.17. The molecule has 0 amide bonds. The van der Waals surface area contributed by atoms with E-state index in [0.717, 1.165) is 3.82 Å². The summed E-state index contributed by atoms with van der Waals surface area (Å²) >= 11 is 7.02. The molecule has 1 rings (SSSR count). The second-order valence-electron chi connectivity index (χ2n) is 3.57. The maximum Gasteiger partial charge on any atom is 0.115 e. The fourth-order valence-electron chi connectivity index (χ4n) is 0.890. The van der Waals surface area contributed by atoms with E-state index in [2.05, 4.69) is 27.0 Å². The van der Waals surface area contributed by atoms with Crippen LogP contribution in [-0.2, 0) is 5.41 Å². The van der Waals surface area contributed by atoms with Crippen LogP contribution in [0.5, 0.6) is 0 Å². The summed E-state index contributed by atoms with van der Waals surface area (Å²) in [5.41, 5.74) is 0.247. The summed E-state index contributed by atoms with van der Waals surface area (Å²) in [6, 6.07) is 0. The Morgan fingerprint density at radius 1 is 1.25 bits per heavy atom. The smallest absolute Gasteiger partial charge is 0.115 e. The van der Waals surface area contributed by atoms with Crippen molar-refractivity contribution in [3.8, 4) is 0 Å². The minimum Gasteiger partial charge on any atom is -0.126 e. The highest BCUT2D eigenvalue weighted by atomic mass is 32.9. The Labute approximate surface area is 90.4 Å². The Bertz CT molecular complexity index is 313. The van der Waals surface area contributed by atoms with Crippen molar-refractivity contribution in [3.05, 3.63) is 8.70 Å². The summed E-state index contributed by atoms with van der Waals surface area (Å²) in [5, 5.41) is 0. The Hall–Kier alpha value is 0.620. The molecular formula is C8H12S4. The molecule has 4 heteroatoms. The molecule has 0 atom stereocenters. The quantitative estimate of drug-likeness (QED) is 0.398. The Balaban J connectivity index is 3.26. The molecule has 0 N–H and O–H groups in total. The molecule has 0 radical (unpaired) electrons. The van der Waals surface area contributed by atoms with Crippen LogP contribution >= 0.6 is 44.7 Å². The Kier molecular flexibility index (Phi) is 3.37. The van der Waals surface area contributed by atoms with Crippen molar-refractivity contribution in [2.45, 2.75) is 31.1 Å². The van der Waals surface area contributed by atoms with Crippen LogP contribution in [-0.4, -0.2) is 6.26 Å². The molecule has 0 saturated heterocycles. The molecule has 0 aliphatic heterocycles. The highest BCUT2D eigenvalue weighted by Gasteiger charge is 2.20. The third-order valence-corrected chi connectivity index (χ3v) is 6.12. The minimum absolute atomic E-state index is 0.247. The summed E-state index contributed by atoms with van der Waals surface area (Å²) in [4.78, 5) is 2.75. The monoisotopic (exact) mass is 236 g/mol. The van der Waals surface area contributed by atoms with Gasteiger partial charge in [0.05, 0.1) is 4.90 Å². The topological polar surface area (TPSA) is 0 Å². The van der Waals surface area contributed by atoms with Crippen LogP contribution in [0, 0.1) is 3.82 Å². The molecule has 0 spiro atoms. The largest absolute Gasteiger partial charge is 0.126 e. The van der Waals surface area contributed by atoms with Crippen LogP contribution in [0.4, 0.5) is 0 Å². The second kappa shape index (κ2) is 3.78. The van der Waals surface area contributed by atoms with E-state index in [1.54, 1.807) is 22.1 Å². The third-order valence-electron chi connectivity index (χ3n) is 1.48. The van der Waals surface area contributed by atoms with Gasteiger partial charge in [0.25, 0.3) is 0 Å². The molecule has 0 nitrogen and oxygen atoms in total. The van der Waals surface area contributed by atoms with Gasteiger partial charge in [-0.25, -0.2) is 0 Å². The first-order chi connectivity index (χ1) is 5.46. The van der Waals surface area contributed by atoms with E-state index in [0.29, 0.717) is 0 Å². The van der Waals surface area contributed by atoms with Gasteiger partial charge in [-0.1, -0.05) is 53.7 Å². The van der Waals surface area contributed by atoms with Gasteiger partial charge in [0.1, 0.15) is 3.82 Å². The lowest BCUT2D eigenvalue weighted by Crippen LogP contribution is -2.09. The lowest BCUT2D eigenvalue weighted by atomic mass is 9.95. The standard InChI is InChI=1S/C8H12S4/c1-8(2,3)6-5(10-4)7(9)12-11-6/h1-4H3. The molecule has 0 unspecified atom stereocenters. The zero-order chi connectivity index (χ0) is 9.35. The van der Waals surface area contributed by atoms with E-state index in [-0.39, 0.29) is 5.41 Å². The van der Waals surface area contributed by atoms with E-state index >= 15 is 0 Å². The van der Waals surface area contributed by atoms with Crippen LogP contribution in [0.1, 0.15) is 25.6 Å². The van der Waals surface area contributed by atoms with E-state index < -0.39 is 0 Å². The number of thioether (sulfide) groups is 1. The van der Waals surface area contributed by atoms with Crippen LogP contribution < -0.4 is 0 Å². The summed E-state index contributed by atoms with van der Waals surface area (Å²) in [6.07, 6.45) is 2.10. The molecule has 0 saturated carbocycles. The van der Waals surface area contributed by atoms with Crippen LogP contribution in [0.3, 0.4) is 0 Å². The zero-order valence-corrected chi connectivity index (χ0v) is 10.9. The van der Waals surface area contributed by atoms with Crippen molar-refractivity contribution in [1.29, 1.82) is 0 Å². The molecule has 12 heavy (non-hydrogen) atoms. The normalized spacial score (nSPS) is 12.0. The van der Waals surface area contributed by atoms with Crippen molar-refractivity contribution >= 4 is 44.7 Å². The van der Waals surface area contributed by atoms with E-state index in [1.165, 1.54) is 9.77 Å². The molecule has 1 aromatic heterocycles. The number of hydrogen-bond acceptors (Lipinski definition) is 4. The number of hydrogen-bond donors (Lipinski definition) is 0. The molecule has 0 aliphatic rings. The zero-order valence-electron chi connectivity index (χ0n) is 7.63. The molecule has 1 heterocycles. The third kappa shape index (κ3) is 2.10. The maximum atomic E-state index is 5.25. The van der Waals surface area contributed by atoms with E-state index in [9.17, 15) is 0 Å². The van der Waals surface area contributed by atoms with Gasteiger partial charge in [-0.15, -0.1) is 11.8 Å². The minimum atomic E-state index is 0.247. The maximum absolute atomic E-state index is 5.25. The first-order valence-corrected chi connectivity index (χ1v) is 7.42. The molecule has 0 aliphatic carbocycles. The first kappa shape index (κ1) is 10.7. The molecule has 68 valence electrons. The summed E-state index contributed by atoms with van der Waals surface area (Å²) in [6.45, 7) is 6.71. The van der Waals surface area contributed by atoms with Gasteiger partial charge in [0, 0.05) is 4.88 Å². The molecule has 0 bridgehead atoms. The Morgan fingerprint density at radius 3 is 2.17 bits per heavy atom. The van der Waals surface area contributed by atoms with Crippen molar-refractivity contribution < 1.29 is 0 Å². The van der Waals surface area contributed by atoms with Crippen molar-refractivity contribution in [3.63, 3.8) is 0 Å². The van der Waals surface area contributed by atoms with Crippen LogP contribution in [0.15, 0.2) is 4.90 Å². The average molecular weight is 236 g/mol. The highest BCUT2D eigenvalue weighted by molar-refractivity contribution is 7.99. The van der Waals surface area contributed by atoms with Crippen LogP contribution in [0.25, 0.3) is 0 Å². The van der Waals surface area contributed by atoms with Crippen molar-refractivity contribution in [2.24, 2.45) is 0 Å². The van der Waals surface area contributed by atoms with Gasteiger partial charge < -0.3 is 0 Å².